The van der Waals surface area contributed by atoms with Crippen molar-refractivity contribution in [3.05, 3.63) is 81.6 Å². The molecule has 142 valence electrons. The van der Waals surface area contributed by atoms with Crippen molar-refractivity contribution in [3.63, 3.8) is 0 Å². The monoisotopic (exact) mass is 395 g/mol. The number of aromatic nitrogens is 2. The van der Waals surface area contributed by atoms with E-state index in [1.54, 1.807) is 48.2 Å². The second-order valence-corrected chi connectivity index (χ2v) is 6.94. The Hall–Kier alpha value is -3.12. The van der Waals surface area contributed by atoms with E-state index in [-0.39, 0.29) is 17.9 Å². The van der Waals surface area contributed by atoms with Crippen LogP contribution in [0.1, 0.15) is 50.6 Å². The second-order valence-electron chi connectivity index (χ2n) is 6.51. The molecular formula is C21H18ClN3O3. The van der Waals surface area contributed by atoms with Crippen LogP contribution in [0.4, 0.5) is 5.69 Å². The minimum Gasteiger partial charge on any atom is -0.462 e. The SMILES string of the molecule is CCOC(=O)c1ccc(N2C(=O)c3n[nH]c(C)c3C2c2ccc(Cl)cc2)cc1. The Balaban J connectivity index is 1.77. The lowest BCUT2D eigenvalue weighted by Crippen LogP contribution is -2.29. The molecule has 1 amide bonds. The van der Waals surface area contributed by atoms with Crippen LogP contribution in [0.3, 0.4) is 0 Å². The summed E-state index contributed by atoms with van der Waals surface area (Å²) in [5, 5.41) is 7.73. The number of nitrogens with one attached hydrogen (secondary N) is 1. The zero-order chi connectivity index (χ0) is 19.8. The summed E-state index contributed by atoms with van der Waals surface area (Å²) in [6, 6.07) is 13.9. The van der Waals surface area contributed by atoms with Crippen LogP contribution in [0, 0.1) is 6.92 Å². The molecule has 0 spiro atoms. The van der Waals surface area contributed by atoms with Gasteiger partial charge < -0.3 is 4.74 Å². The largest absolute Gasteiger partial charge is 0.462 e. The summed E-state index contributed by atoms with van der Waals surface area (Å²) in [5.41, 5.74) is 4.14. The van der Waals surface area contributed by atoms with E-state index in [4.69, 9.17) is 16.3 Å². The first-order valence-electron chi connectivity index (χ1n) is 8.92. The highest BCUT2D eigenvalue weighted by Gasteiger charge is 2.42. The summed E-state index contributed by atoms with van der Waals surface area (Å²) in [5.74, 6) is -0.580. The fourth-order valence-electron chi connectivity index (χ4n) is 3.50. The molecular weight excluding hydrogens is 378 g/mol. The quantitative estimate of drug-likeness (QED) is 0.668. The number of carbonyl (C=O) groups excluding carboxylic acids is 2. The van der Waals surface area contributed by atoms with Crippen molar-refractivity contribution in [2.45, 2.75) is 19.9 Å². The number of hydrogen-bond donors (Lipinski definition) is 1. The van der Waals surface area contributed by atoms with Gasteiger partial charge in [0.05, 0.1) is 18.2 Å². The highest BCUT2D eigenvalue weighted by atomic mass is 35.5. The molecule has 6 nitrogen and oxygen atoms in total. The van der Waals surface area contributed by atoms with Gasteiger partial charge in [-0.25, -0.2) is 4.79 Å². The zero-order valence-electron chi connectivity index (χ0n) is 15.4. The van der Waals surface area contributed by atoms with Crippen LogP contribution in [0.2, 0.25) is 5.02 Å². The van der Waals surface area contributed by atoms with Gasteiger partial charge in [-0.15, -0.1) is 0 Å². The molecule has 2 aromatic carbocycles. The van der Waals surface area contributed by atoms with Crippen LogP contribution in [0.25, 0.3) is 0 Å². The smallest absolute Gasteiger partial charge is 0.338 e. The second kappa shape index (κ2) is 7.13. The number of esters is 1. The van der Waals surface area contributed by atoms with Crippen LogP contribution >= 0.6 is 11.6 Å². The minimum atomic E-state index is -0.389. The molecule has 2 heterocycles. The third kappa shape index (κ3) is 2.96. The van der Waals surface area contributed by atoms with E-state index in [9.17, 15) is 9.59 Å². The maximum Gasteiger partial charge on any atom is 0.338 e. The van der Waals surface area contributed by atoms with Crippen molar-refractivity contribution in [1.82, 2.24) is 10.2 Å². The van der Waals surface area contributed by atoms with E-state index in [0.29, 0.717) is 28.6 Å². The molecule has 1 aliphatic heterocycles. The molecule has 1 N–H and O–H groups in total. The highest BCUT2D eigenvalue weighted by molar-refractivity contribution is 6.30. The van der Waals surface area contributed by atoms with Gasteiger partial charge in [0.15, 0.2) is 5.69 Å². The zero-order valence-corrected chi connectivity index (χ0v) is 16.2. The predicted molar refractivity (Wildman–Crippen MR) is 106 cm³/mol. The number of carbonyl (C=O) groups is 2. The fraction of sp³-hybridized carbons (Fsp3) is 0.190. The maximum atomic E-state index is 13.1. The number of ether oxygens (including phenoxy) is 1. The first-order valence-corrected chi connectivity index (χ1v) is 9.30. The molecule has 28 heavy (non-hydrogen) atoms. The van der Waals surface area contributed by atoms with Crippen LogP contribution < -0.4 is 4.90 Å². The van der Waals surface area contributed by atoms with Crippen molar-refractivity contribution >= 4 is 29.2 Å². The normalized spacial score (nSPS) is 15.6. The first kappa shape index (κ1) is 18.3. The minimum absolute atomic E-state index is 0.191. The van der Waals surface area contributed by atoms with Gasteiger partial charge in [-0.2, -0.15) is 5.10 Å². The maximum absolute atomic E-state index is 13.1. The Bertz CT molecular complexity index is 1040. The number of amides is 1. The summed E-state index contributed by atoms with van der Waals surface area (Å²) in [4.78, 5) is 26.7. The van der Waals surface area contributed by atoms with Crippen molar-refractivity contribution < 1.29 is 14.3 Å². The molecule has 0 fully saturated rings. The number of aromatic amines is 1. The van der Waals surface area contributed by atoms with E-state index in [1.807, 2.05) is 19.1 Å². The van der Waals surface area contributed by atoms with Crippen LogP contribution in [-0.4, -0.2) is 28.7 Å². The lowest BCUT2D eigenvalue weighted by Gasteiger charge is -2.26. The van der Waals surface area contributed by atoms with Gasteiger partial charge in [-0.3, -0.25) is 14.8 Å². The summed E-state index contributed by atoms with van der Waals surface area (Å²) < 4.78 is 5.02. The van der Waals surface area contributed by atoms with Gasteiger partial charge in [-0.05, 0) is 55.8 Å². The number of nitrogens with zero attached hydrogens (tertiary/aromatic N) is 2. The third-order valence-electron chi connectivity index (χ3n) is 4.79. The summed E-state index contributed by atoms with van der Waals surface area (Å²) >= 11 is 6.04. The molecule has 7 heteroatoms. The average Bonchev–Trinajstić information content (AvgIpc) is 3.21. The van der Waals surface area contributed by atoms with E-state index >= 15 is 0 Å². The van der Waals surface area contributed by atoms with Crippen LogP contribution in [0.15, 0.2) is 48.5 Å². The number of aryl methyl sites for hydroxylation is 1. The summed E-state index contributed by atoms with van der Waals surface area (Å²) in [6.07, 6.45) is 0. The molecule has 0 saturated carbocycles. The van der Waals surface area contributed by atoms with Crippen molar-refractivity contribution in [3.8, 4) is 0 Å². The standard InChI is InChI=1S/C21H18ClN3O3/c1-3-28-21(27)14-6-10-16(11-7-14)25-19(13-4-8-15(22)9-5-13)17-12(2)23-24-18(17)20(25)26/h4-11,19H,3H2,1-2H3,(H,23,24). The molecule has 1 atom stereocenters. The van der Waals surface area contributed by atoms with E-state index in [1.165, 1.54) is 0 Å². The number of halogens is 1. The lowest BCUT2D eigenvalue weighted by atomic mass is 9.99. The Kier molecular flexibility index (Phi) is 4.65. The molecule has 1 aliphatic rings. The van der Waals surface area contributed by atoms with Crippen molar-refractivity contribution in [2.75, 3.05) is 11.5 Å². The Morgan fingerprint density at radius 1 is 1.18 bits per heavy atom. The molecule has 0 saturated heterocycles. The molecule has 0 aliphatic carbocycles. The number of H-pyrrole nitrogens is 1. The van der Waals surface area contributed by atoms with Gasteiger partial charge in [0.1, 0.15) is 0 Å². The molecule has 4 rings (SSSR count). The van der Waals surface area contributed by atoms with E-state index in [2.05, 4.69) is 10.2 Å². The lowest BCUT2D eigenvalue weighted by molar-refractivity contribution is 0.0526. The van der Waals surface area contributed by atoms with Crippen LogP contribution in [-0.2, 0) is 4.74 Å². The molecule has 1 unspecified atom stereocenters. The number of hydrogen-bond acceptors (Lipinski definition) is 4. The number of rotatable bonds is 4. The van der Waals surface area contributed by atoms with Gasteiger partial charge in [0, 0.05) is 22.0 Å². The van der Waals surface area contributed by atoms with Gasteiger partial charge in [0.2, 0.25) is 0 Å². The van der Waals surface area contributed by atoms with Crippen molar-refractivity contribution in [2.24, 2.45) is 0 Å². The molecule has 3 aromatic rings. The Morgan fingerprint density at radius 2 is 1.86 bits per heavy atom. The first-order chi connectivity index (χ1) is 13.5. The number of fused-ring (bicyclic) bond motifs is 1. The fourth-order valence-corrected chi connectivity index (χ4v) is 3.62. The van der Waals surface area contributed by atoms with Gasteiger partial charge in [-0.1, -0.05) is 23.7 Å². The summed E-state index contributed by atoms with van der Waals surface area (Å²) in [7, 11) is 0. The highest BCUT2D eigenvalue weighted by Crippen LogP contribution is 2.42. The van der Waals surface area contributed by atoms with Crippen LogP contribution in [0.5, 0.6) is 0 Å². The van der Waals surface area contributed by atoms with Gasteiger partial charge in [0.25, 0.3) is 5.91 Å². The van der Waals surface area contributed by atoms with Crippen molar-refractivity contribution in [1.29, 1.82) is 0 Å². The van der Waals surface area contributed by atoms with Gasteiger partial charge >= 0.3 is 5.97 Å². The average molecular weight is 396 g/mol. The summed E-state index contributed by atoms with van der Waals surface area (Å²) in [6.45, 7) is 3.97. The Labute approximate surface area is 167 Å². The predicted octanol–water partition coefficient (Wildman–Crippen LogP) is 4.30. The number of anilines is 1. The Morgan fingerprint density at radius 3 is 2.50 bits per heavy atom. The van der Waals surface area contributed by atoms with E-state index in [0.717, 1.165) is 16.8 Å². The topological polar surface area (TPSA) is 75.3 Å². The van der Waals surface area contributed by atoms with E-state index < -0.39 is 0 Å². The number of benzene rings is 2. The molecule has 0 bridgehead atoms. The third-order valence-corrected chi connectivity index (χ3v) is 5.04. The molecule has 1 aromatic heterocycles. The molecule has 0 radical (unpaired) electrons.